The highest BCUT2D eigenvalue weighted by Gasteiger charge is 2.41. The maximum absolute atomic E-state index is 14.1. The zero-order valence-corrected chi connectivity index (χ0v) is 48.9. The molecule has 1 fully saturated rings. The molecule has 2 heterocycles. The Morgan fingerprint density at radius 2 is 1.09 bits per heavy atom. The average Bonchev–Trinajstić information content (AvgIpc) is 3.66. The molecule has 13 amide bonds. The van der Waals surface area contributed by atoms with Crippen LogP contribution >= 0.6 is 12.6 Å². The SMILES string of the molecule is CC[C@H](C)[C@H](NC(=O)[C@H](CS)NC(=O)[C@@H](NC(=O)[C@@H](N)Cc1c[nH]c2ccccc12)[C@@H](C)O)C(=O)N[C@@H](CC(N)=O)C(=O)N[C@@H](CCC(N)=O)C(=O)N[C@@H](CCC(N)=O)C(=O)N[C@@H](CC(C)C)C(=O)N[C@@H](CC(N)=O)C(=O)N1CCC[C@H]1C(=O)O. The van der Waals surface area contributed by atoms with Gasteiger partial charge in [0.25, 0.3) is 0 Å². The van der Waals surface area contributed by atoms with Crippen LogP contribution in [-0.4, -0.2) is 182 Å². The summed E-state index contributed by atoms with van der Waals surface area (Å²) < 4.78 is 0. The van der Waals surface area contributed by atoms with Gasteiger partial charge in [-0.25, -0.2) is 4.79 Å². The third-order valence-electron chi connectivity index (χ3n) is 14.0. The predicted octanol–water partition coefficient (Wildman–Crippen LogP) is -5.32. The number of amides is 13. The van der Waals surface area contributed by atoms with Gasteiger partial charge in [0.05, 0.1) is 25.0 Å². The number of nitrogens with one attached hydrogen (secondary N) is 9. The molecule has 1 aliphatic rings. The van der Waals surface area contributed by atoms with E-state index in [1.807, 2.05) is 24.3 Å². The third-order valence-corrected chi connectivity index (χ3v) is 14.3. The molecule has 32 heteroatoms. The number of fused-ring (bicyclic) bond motifs is 1. The Morgan fingerprint density at radius 3 is 1.61 bits per heavy atom. The lowest BCUT2D eigenvalue weighted by Crippen LogP contribution is -2.62. The first kappa shape index (κ1) is 70.9. The number of aliphatic carboxylic acids is 1. The van der Waals surface area contributed by atoms with Gasteiger partial charge >= 0.3 is 5.97 Å². The Bertz CT molecular complexity index is 2780. The van der Waals surface area contributed by atoms with Crippen molar-refractivity contribution < 1.29 is 77.3 Å². The molecular weight excluding hydrogens is 1130 g/mol. The standard InChI is InChI=1S/C53H81N15O16S/c1-6-25(4)42(66-49(79)36(23-85)65-51(81)43(26(5)69)67-44(74)29(54)19-27-22-59-30-11-8-7-10-28(27)30)50(80)63-34(20-40(57)72)48(78)61-31(13-15-38(55)70)45(75)60-32(14-16-39(56)71)46(76)62-33(18-24(2)3)47(77)64-35(21-41(58)73)52(82)68-17-9-12-37(68)53(83)84/h7-8,10-11,22,24-26,29,31-37,42-43,59,69,85H,6,9,12-21,23,54H2,1-5H3,(H2,55,70)(H2,56,71)(H2,57,72)(H2,58,73)(H,60,75)(H,61,78)(H,62,76)(H,63,80)(H,64,77)(H,65,81)(H,66,79)(H,67,74)(H,83,84)/t25-,26+,29-,31-,32-,33-,34-,35-,36-,37-,42-,43-/m0/s1. The summed E-state index contributed by atoms with van der Waals surface area (Å²) in [6.45, 7) is 7.75. The van der Waals surface area contributed by atoms with Gasteiger partial charge in [0.15, 0.2) is 0 Å². The number of carboxylic acids is 1. The summed E-state index contributed by atoms with van der Waals surface area (Å²) in [6, 6.07) is -8.37. The minimum absolute atomic E-state index is 0.000406. The van der Waals surface area contributed by atoms with Gasteiger partial charge < -0.3 is 91.3 Å². The molecule has 0 bridgehead atoms. The number of carbonyl (C=O) groups excluding carboxylic acids is 13. The maximum Gasteiger partial charge on any atom is 0.326 e. The van der Waals surface area contributed by atoms with Crippen LogP contribution in [0.25, 0.3) is 10.9 Å². The summed E-state index contributed by atoms with van der Waals surface area (Å²) in [7, 11) is 0. The van der Waals surface area contributed by atoms with Gasteiger partial charge in [-0.3, -0.25) is 62.3 Å². The number of thiol groups is 1. The van der Waals surface area contributed by atoms with Crippen LogP contribution in [0.15, 0.2) is 30.5 Å². The van der Waals surface area contributed by atoms with E-state index in [9.17, 15) is 77.3 Å². The fourth-order valence-electron chi connectivity index (χ4n) is 9.17. The van der Waals surface area contributed by atoms with Crippen molar-refractivity contribution in [2.75, 3.05) is 12.3 Å². The largest absolute Gasteiger partial charge is 0.480 e. The first-order valence-corrected chi connectivity index (χ1v) is 28.2. The first-order valence-electron chi connectivity index (χ1n) is 27.6. The van der Waals surface area contributed by atoms with E-state index in [-0.39, 0.29) is 43.9 Å². The number of para-hydroxylation sites is 1. The number of aliphatic hydroxyl groups is 1. The summed E-state index contributed by atoms with van der Waals surface area (Å²) in [4.78, 5) is 189. The molecule has 1 saturated heterocycles. The molecule has 12 atom stereocenters. The van der Waals surface area contributed by atoms with Crippen molar-refractivity contribution in [3.05, 3.63) is 36.0 Å². The zero-order chi connectivity index (χ0) is 64.0. The van der Waals surface area contributed by atoms with E-state index in [0.717, 1.165) is 21.4 Å². The van der Waals surface area contributed by atoms with Crippen molar-refractivity contribution in [3.8, 4) is 0 Å². The Labute approximate surface area is 495 Å². The molecule has 85 heavy (non-hydrogen) atoms. The fourth-order valence-corrected chi connectivity index (χ4v) is 9.43. The lowest BCUT2D eigenvalue weighted by atomic mass is 9.97. The molecule has 1 aliphatic heterocycles. The van der Waals surface area contributed by atoms with Gasteiger partial charge in [-0.15, -0.1) is 0 Å². The molecule has 0 saturated carbocycles. The van der Waals surface area contributed by atoms with Crippen LogP contribution in [0.2, 0.25) is 0 Å². The number of aromatic nitrogens is 1. The van der Waals surface area contributed by atoms with Crippen molar-refractivity contribution in [1.82, 2.24) is 52.4 Å². The number of primary amides is 4. The van der Waals surface area contributed by atoms with E-state index in [1.165, 1.54) is 6.92 Å². The van der Waals surface area contributed by atoms with Crippen LogP contribution in [0.4, 0.5) is 0 Å². The summed E-state index contributed by atoms with van der Waals surface area (Å²) in [5.41, 5.74) is 29.4. The van der Waals surface area contributed by atoms with Crippen molar-refractivity contribution in [2.45, 2.75) is 172 Å². The quantitative estimate of drug-likeness (QED) is 0.0283. The van der Waals surface area contributed by atoms with Crippen molar-refractivity contribution in [3.63, 3.8) is 0 Å². The normalized spacial score (nSPS) is 16.9. The number of likely N-dealkylation sites (tertiary alicyclic amines) is 1. The van der Waals surface area contributed by atoms with Crippen LogP contribution < -0.4 is 71.2 Å². The molecule has 0 radical (unpaired) electrons. The summed E-state index contributed by atoms with van der Waals surface area (Å²) >= 11 is 4.20. The van der Waals surface area contributed by atoms with Gasteiger partial charge in [-0.2, -0.15) is 12.6 Å². The second kappa shape index (κ2) is 33.8. The second-order valence-corrected chi connectivity index (χ2v) is 21.7. The summed E-state index contributed by atoms with van der Waals surface area (Å²) in [6.07, 6.45) is -3.12. The first-order chi connectivity index (χ1) is 39.9. The molecule has 1 aromatic heterocycles. The molecule has 0 unspecified atom stereocenters. The monoisotopic (exact) mass is 1220 g/mol. The number of nitrogens with two attached hydrogens (primary N) is 5. The number of hydrogen-bond acceptors (Lipinski definition) is 17. The van der Waals surface area contributed by atoms with Crippen molar-refractivity contribution in [1.29, 1.82) is 0 Å². The van der Waals surface area contributed by atoms with E-state index in [0.29, 0.717) is 6.42 Å². The van der Waals surface area contributed by atoms with E-state index in [2.05, 4.69) is 60.1 Å². The lowest BCUT2D eigenvalue weighted by Gasteiger charge is -2.30. The lowest BCUT2D eigenvalue weighted by molar-refractivity contribution is -0.149. The maximum atomic E-state index is 14.1. The highest BCUT2D eigenvalue weighted by atomic mass is 32.1. The van der Waals surface area contributed by atoms with Crippen molar-refractivity contribution in [2.24, 2.45) is 40.5 Å². The average molecular weight is 1220 g/mol. The third kappa shape index (κ3) is 22.3. The summed E-state index contributed by atoms with van der Waals surface area (Å²) in [5.74, 6) is -16.2. The molecule has 0 spiro atoms. The van der Waals surface area contributed by atoms with Crippen LogP contribution in [0, 0.1) is 11.8 Å². The van der Waals surface area contributed by atoms with Crippen molar-refractivity contribution >= 4 is 106 Å². The van der Waals surface area contributed by atoms with Crippen LogP contribution in [-0.2, 0) is 73.5 Å². The molecule has 2 aromatic rings. The van der Waals surface area contributed by atoms with Crippen LogP contribution in [0.3, 0.4) is 0 Å². The zero-order valence-electron chi connectivity index (χ0n) is 48.0. The highest BCUT2D eigenvalue weighted by molar-refractivity contribution is 7.80. The van der Waals surface area contributed by atoms with E-state index >= 15 is 0 Å². The number of aromatic amines is 1. The molecular formula is C53H81N15O16S. The highest BCUT2D eigenvalue weighted by Crippen LogP contribution is 2.21. The number of hydrogen-bond donors (Lipinski definition) is 17. The van der Waals surface area contributed by atoms with E-state index in [4.69, 9.17) is 28.7 Å². The number of carboxylic acid groups (broad SMARTS) is 1. The Kier molecular flexibility index (Phi) is 28.2. The fraction of sp³-hybridized carbons (Fsp3) is 0.585. The second-order valence-electron chi connectivity index (χ2n) is 21.3. The number of carbonyl (C=O) groups is 14. The van der Waals surface area contributed by atoms with Crippen LogP contribution in [0.1, 0.15) is 104 Å². The minimum Gasteiger partial charge on any atom is -0.480 e. The number of H-pyrrole nitrogens is 1. The number of benzene rings is 1. The number of nitrogens with zero attached hydrogens (tertiary/aromatic N) is 1. The predicted molar refractivity (Wildman–Crippen MR) is 307 cm³/mol. The molecule has 1 aromatic carbocycles. The topological polar surface area (TPSA) is 525 Å². The Hall–Kier alpha value is -8.39. The van der Waals surface area contributed by atoms with E-state index < -0.39 is 194 Å². The Balaban J connectivity index is 1.83. The van der Waals surface area contributed by atoms with Crippen LogP contribution in [0.5, 0.6) is 0 Å². The minimum atomic E-state index is -1.90. The van der Waals surface area contributed by atoms with Gasteiger partial charge in [-0.1, -0.05) is 52.3 Å². The smallest absolute Gasteiger partial charge is 0.326 e. The number of aliphatic hydroxyl groups excluding tert-OH is 1. The van der Waals surface area contributed by atoms with E-state index in [1.54, 1.807) is 33.9 Å². The number of rotatable bonds is 36. The van der Waals surface area contributed by atoms with Gasteiger partial charge in [0, 0.05) is 42.2 Å². The molecule has 470 valence electrons. The molecule has 31 nitrogen and oxygen atoms in total. The summed E-state index contributed by atoms with van der Waals surface area (Å²) in [5, 5.41) is 40.2. The van der Waals surface area contributed by atoms with Gasteiger partial charge in [0.1, 0.15) is 54.4 Å². The Morgan fingerprint density at radius 1 is 0.624 bits per heavy atom. The van der Waals surface area contributed by atoms with Gasteiger partial charge in [-0.05, 0) is 68.9 Å². The molecule has 3 rings (SSSR count). The molecule has 0 aliphatic carbocycles. The van der Waals surface area contributed by atoms with Gasteiger partial charge in [0.2, 0.25) is 76.8 Å². The molecule has 21 N–H and O–H groups in total.